The monoisotopic (exact) mass is 604 g/mol. The van der Waals surface area contributed by atoms with Crippen molar-refractivity contribution < 1.29 is 4.18 Å². The number of halogens is 1. The number of rotatable bonds is 7. The minimum Gasteiger partial charge on any atom is -0.302 e. The summed E-state index contributed by atoms with van der Waals surface area (Å²) in [7, 11) is 1.53. The van der Waals surface area contributed by atoms with E-state index < -0.39 is 0 Å². The molecule has 0 aromatic rings. The van der Waals surface area contributed by atoms with Gasteiger partial charge >= 0.3 is 0 Å². The Morgan fingerprint density at radius 1 is 0.971 bits per heavy atom. The summed E-state index contributed by atoms with van der Waals surface area (Å²) in [6.07, 6.45) is 18.6. The fraction of sp³-hybridized carbons (Fsp3) is 0.935. The zero-order valence-corrected chi connectivity index (χ0v) is 27.1. The summed E-state index contributed by atoms with van der Waals surface area (Å²) in [6.45, 7) is 20.7. The van der Waals surface area contributed by atoms with E-state index in [-0.39, 0.29) is 0 Å². The quantitative estimate of drug-likeness (QED) is 0.162. The molecule has 3 fully saturated rings. The van der Waals surface area contributed by atoms with Gasteiger partial charge in [-0.2, -0.15) is 0 Å². The molecule has 0 radical (unpaired) electrons. The number of hydrogen-bond acceptors (Lipinski definition) is 2. The Kier molecular flexibility index (Phi) is 12.8. The highest BCUT2D eigenvalue weighted by molar-refractivity contribution is 14.2. The zero-order chi connectivity index (χ0) is 25.5. The van der Waals surface area contributed by atoms with Crippen molar-refractivity contribution in [2.45, 2.75) is 139 Å². The van der Waals surface area contributed by atoms with Gasteiger partial charge in [-0.25, -0.2) is 0 Å². The second kappa shape index (κ2) is 14.1. The molecule has 4 aliphatic carbocycles. The summed E-state index contributed by atoms with van der Waals surface area (Å²) < 4.78 is 5.95. The number of allylic oxidation sites excluding steroid dienone is 1. The average molecular weight is 605 g/mol. The van der Waals surface area contributed by atoms with Crippen LogP contribution in [0, 0.1) is 46.3 Å². The van der Waals surface area contributed by atoms with Gasteiger partial charge in [-0.05, 0) is 97.7 Å². The van der Waals surface area contributed by atoms with Crippen LogP contribution in [-0.2, 0) is 4.18 Å². The number of hydrogen-bond donors (Lipinski definition) is 0. The maximum Gasteiger partial charge on any atom is 0.0769 e. The average Bonchev–Trinajstić information content (AvgIpc) is 3.19. The van der Waals surface area contributed by atoms with Crippen LogP contribution in [0.3, 0.4) is 0 Å². The van der Waals surface area contributed by atoms with E-state index in [1.165, 1.54) is 79.8 Å². The summed E-state index contributed by atoms with van der Waals surface area (Å²) in [5.74, 6) is 5.60. The molecule has 0 heterocycles. The van der Waals surface area contributed by atoms with Crippen LogP contribution in [0.15, 0.2) is 11.6 Å². The van der Waals surface area contributed by atoms with Crippen molar-refractivity contribution in [1.82, 2.24) is 0 Å². The Morgan fingerprint density at radius 2 is 1.68 bits per heavy atom. The van der Waals surface area contributed by atoms with E-state index in [0.29, 0.717) is 16.9 Å². The van der Waals surface area contributed by atoms with Crippen molar-refractivity contribution in [2.24, 2.45) is 46.3 Å². The largest absolute Gasteiger partial charge is 0.302 e. The van der Waals surface area contributed by atoms with Crippen LogP contribution < -0.4 is 0 Å². The van der Waals surface area contributed by atoms with Gasteiger partial charge in [-0.15, -0.1) is 0 Å². The Labute approximate surface area is 230 Å². The van der Waals surface area contributed by atoms with E-state index in [4.69, 9.17) is 4.18 Å². The van der Waals surface area contributed by atoms with E-state index in [2.05, 4.69) is 61.9 Å². The van der Waals surface area contributed by atoms with E-state index in [9.17, 15) is 0 Å². The summed E-state index contributed by atoms with van der Waals surface area (Å²) >= 11 is 2.28. The minimum atomic E-state index is 0.444. The van der Waals surface area contributed by atoms with E-state index >= 15 is 0 Å². The van der Waals surface area contributed by atoms with Crippen LogP contribution >= 0.6 is 30.4 Å². The lowest BCUT2D eigenvalue weighted by atomic mass is 9.47. The molecule has 0 aliphatic heterocycles. The fourth-order valence-corrected chi connectivity index (χ4v) is 9.93. The van der Waals surface area contributed by atoms with Crippen LogP contribution in [-0.4, -0.2) is 6.10 Å². The molecular weight excluding hydrogens is 547 g/mol. The summed E-state index contributed by atoms with van der Waals surface area (Å²) in [6, 6.07) is 0. The highest BCUT2D eigenvalue weighted by Crippen LogP contribution is 2.67. The molecule has 8 atom stereocenters. The Bertz CT molecular complexity index is 633. The SMILES string of the molecule is CC.CC.CC(C)CCCC(C)C1CCC2C3CC=C4CC(OSI)CCC4(C)C3CCC12C. The van der Waals surface area contributed by atoms with Crippen molar-refractivity contribution in [2.75, 3.05) is 0 Å². The van der Waals surface area contributed by atoms with Crippen LogP contribution in [0.5, 0.6) is 0 Å². The van der Waals surface area contributed by atoms with Crippen LogP contribution in [0.1, 0.15) is 133 Å². The van der Waals surface area contributed by atoms with Crippen molar-refractivity contribution >= 4 is 30.4 Å². The van der Waals surface area contributed by atoms with Crippen molar-refractivity contribution in [3.8, 4) is 0 Å². The fourth-order valence-electron chi connectivity index (χ4n) is 8.79. The first kappa shape index (κ1) is 31.0. The van der Waals surface area contributed by atoms with Gasteiger partial charge in [0.1, 0.15) is 0 Å². The van der Waals surface area contributed by atoms with Gasteiger partial charge in [-0.3, -0.25) is 0 Å². The van der Waals surface area contributed by atoms with Crippen molar-refractivity contribution in [3.05, 3.63) is 11.6 Å². The van der Waals surface area contributed by atoms with Crippen LogP contribution in [0.2, 0.25) is 0 Å². The zero-order valence-electron chi connectivity index (χ0n) is 24.1. The van der Waals surface area contributed by atoms with Gasteiger partial charge in [0.15, 0.2) is 0 Å². The smallest absolute Gasteiger partial charge is 0.0769 e. The topological polar surface area (TPSA) is 9.23 Å². The first-order chi connectivity index (χ1) is 16.3. The van der Waals surface area contributed by atoms with Gasteiger partial charge in [0.25, 0.3) is 0 Å². The van der Waals surface area contributed by atoms with Crippen LogP contribution in [0.25, 0.3) is 0 Å². The summed E-state index contributed by atoms with van der Waals surface area (Å²) in [4.78, 5) is 0. The third kappa shape index (κ3) is 6.43. The number of fused-ring (bicyclic) bond motifs is 5. The van der Waals surface area contributed by atoms with Gasteiger partial charge in [0, 0.05) is 21.2 Å². The Balaban J connectivity index is 0.000000970. The molecule has 4 aliphatic rings. The molecule has 3 heteroatoms. The Morgan fingerprint density at radius 3 is 2.32 bits per heavy atom. The minimum absolute atomic E-state index is 0.444. The van der Waals surface area contributed by atoms with E-state index in [0.717, 1.165) is 35.5 Å². The molecule has 0 spiro atoms. The third-order valence-corrected chi connectivity index (χ3v) is 11.4. The maximum atomic E-state index is 5.95. The second-order valence-electron chi connectivity index (χ2n) is 12.3. The predicted molar refractivity (Wildman–Crippen MR) is 162 cm³/mol. The van der Waals surface area contributed by atoms with Gasteiger partial charge in [-0.1, -0.05) is 93.2 Å². The van der Waals surface area contributed by atoms with E-state index in [1.807, 2.05) is 27.7 Å². The molecule has 0 N–H and O–H groups in total. The van der Waals surface area contributed by atoms with Crippen molar-refractivity contribution in [3.63, 3.8) is 0 Å². The lowest BCUT2D eigenvalue weighted by Gasteiger charge is -2.58. The van der Waals surface area contributed by atoms with E-state index in [1.54, 1.807) is 5.57 Å². The first-order valence-electron chi connectivity index (χ1n) is 14.9. The lowest BCUT2D eigenvalue weighted by Crippen LogP contribution is -2.50. The lowest BCUT2D eigenvalue weighted by molar-refractivity contribution is -0.0551. The molecule has 0 bridgehead atoms. The second-order valence-corrected chi connectivity index (χ2v) is 13.7. The molecular formula is C31H57IOS. The van der Waals surface area contributed by atoms with Gasteiger partial charge in [0.05, 0.1) is 15.3 Å². The molecule has 4 rings (SSSR count). The normalized spacial score (nSPS) is 39.4. The summed E-state index contributed by atoms with van der Waals surface area (Å²) in [5.41, 5.74) is 2.82. The molecule has 3 saturated carbocycles. The van der Waals surface area contributed by atoms with Crippen LogP contribution in [0.4, 0.5) is 0 Å². The highest BCUT2D eigenvalue weighted by atomic mass is 127. The molecule has 0 aromatic heterocycles. The molecule has 0 aromatic carbocycles. The third-order valence-electron chi connectivity index (χ3n) is 10.4. The molecule has 8 unspecified atom stereocenters. The Hall–Kier alpha value is 0.780. The molecule has 0 amide bonds. The summed E-state index contributed by atoms with van der Waals surface area (Å²) in [5, 5.41) is 0. The molecule has 0 saturated heterocycles. The highest BCUT2D eigenvalue weighted by Gasteiger charge is 2.59. The van der Waals surface area contributed by atoms with Gasteiger partial charge < -0.3 is 4.18 Å². The molecule has 1 nitrogen and oxygen atoms in total. The maximum absolute atomic E-state index is 5.95. The van der Waals surface area contributed by atoms with Crippen molar-refractivity contribution in [1.29, 1.82) is 0 Å². The molecule has 200 valence electrons. The predicted octanol–water partition coefficient (Wildman–Crippen LogP) is 11.5. The van der Waals surface area contributed by atoms with Gasteiger partial charge in [0.2, 0.25) is 0 Å². The first-order valence-corrected chi connectivity index (χ1v) is 18.2. The standard InChI is InChI=1S/C27H45IOS.2C2H6/c1-18(2)7-6-8-19(3)23-11-12-24-22-10-9-20-17-21(29-30-28)13-15-26(20,4)25(22)14-16-27(23,24)5;2*1-2/h9,18-19,21-25H,6-8,10-17H2,1-5H3;2*1-2H3. The molecule has 34 heavy (non-hydrogen) atoms.